The second-order valence-electron chi connectivity index (χ2n) is 2.57. The van der Waals surface area contributed by atoms with Gasteiger partial charge in [-0.25, -0.2) is 0 Å². The van der Waals surface area contributed by atoms with Gasteiger partial charge >= 0.3 is 0 Å². The summed E-state index contributed by atoms with van der Waals surface area (Å²) in [5.41, 5.74) is 3.57. The zero-order valence-corrected chi connectivity index (χ0v) is 7.72. The number of hydrogen-bond acceptors (Lipinski definition) is 0. The average Bonchev–Trinajstić information content (AvgIpc) is 2.45. The molecule has 0 amide bonds. The lowest BCUT2D eigenvalue weighted by Gasteiger charge is -2.03. The first-order valence-electron chi connectivity index (χ1n) is 3.45. The first kappa shape index (κ1) is 6.92. The Balaban J connectivity index is 2.71. The van der Waals surface area contributed by atoms with Crippen LogP contribution in [-0.4, -0.2) is 0 Å². The minimum absolute atomic E-state index is 1.06. The van der Waals surface area contributed by atoms with Crippen molar-refractivity contribution in [3.8, 4) is 0 Å². The molecule has 0 aliphatic carbocycles. The van der Waals surface area contributed by atoms with Crippen LogP contribution in [0.3, 0.4) is 0 Å². The largest absolute Gasteiger partial charge is 0.255 e. The maximum absolute atomic E-state index is 4.23. The molecule has 55 valence electrons. The lowest BCUT2D eigenvalue weighted by Crippen LogP contribution is -1.86. The van der Waals surface area contributed by atoms with E-state index in [2.05, 4.69) is 34.2 Å². The molecule has 0 spiro atoms. The van der Waals surface area contributed by atoms with Crippen molar-refractivity contribution in [3.05, 3.63) is 33.9 Å². The van der Waals surface area contributed by atoms with Crippen LogP contribution in [0.4, 0.5) is 5.69 Å². The molecule has 2 heteroatoms. The predicted octanol–water partition coefficient (Wildman–Crippen LogP) is 2.98. The van der Waals surface area contributed by atoms with Gasteiger partial charge in [-0.05, 0) is 40.6 Å². The van der Waals surface area contributed by atoms with E-state index in [1.807, 2.05) is 18.3 Å². The molecule has 1 aromatic rings. The standard InChI is InChI=1S/C9H7BrN/c1-6-2-3-8(10)9-7(6)4-5-11-9/h2-5H,1H3. The topological polar surface area (TPSA) is 14.1 Å². The van der Waals surface area contributed by atoms with Crippen LogP contribution in [-0.2, 0) is 0 Å². The molecule has 0 fully saturated rings. The van der Waals surface area contributed by atoms with Gasteiger partial charge in [-0.1, -0.05) is 6.07 Å². The number of rotatable bonds is 0. The summed E-state index contributed by atoms with van der Waals surface area (Å²) in [6, 6.07) is 4.12. The summed E-state index contributed by atoms with van der Waals surface area (Å²) in [7, 11) is 0. The van der Waals surface area contributed by atoms with Gasteiger partial charge in [0.15, 0.2) is 0 Å². The Morgan fingerprint density at radius 1 is 1.36 bits per heavy atom. The van der Waals surface area contributed by atoms with Gasteiger partial charge in [0.2, 0.25) is 0 Å². The number of benzene rings is 1. The van der Waals surface area contributed by atoms with Crippen molar-refractivity contribution in [2.75, 3.05) is 0 Å². The molecular formula is C9H7BrN. The van der Waals surface area contributed by atoms with Gasteiger partial charge in [0.05, 0.1) is 5.69 Å². The van der Waals surface area contributed by atoms with Gasteiger partial charge in [-0.3, -0.25) is 5.32 Å². The van der Waals surface area contributed by atoms with Crippen LogP contribution in [0.5, 0.6) is 0 Å². The second-order valence-corrected chi connectivity index (χ2v) is 3.43. The highest BCUT2D eigenvalue weighted by molar-refractivity contribution is 9.10. The van der Waals surface area contributed by atoms with Crippen molar-refractivity contribution in [1.82, 2.24) is 5.32 Å². The van der Waals surface area contributed by atoms with E-state index in [0.29, 0.717) is 0 Å². The maximum atomic E-state index is 4.23. The normalized spacial score (nSPS) is 12.9. The third kappa shape index (κ3) is 0.979. The van der Waals surface area contributed by atoms with E-state index in [9.17, 15) is 0 Å². The number of fused-ring (bicyclic) bond motifs is 1. The van der Waals surface area contributed by atoms with E-state index >= 15 is 0 Å². The molecule has 1 nitrogen and oxygen atoms in total. The molecule has 0 N–H and O–H groups in total. The van der Waals surface area contributed by atoms with E-state index in [1.165, 1.54) is 11.1 Å². The van der Waals surface area contributed by atoms with Crippen molar-refractivity contribution in [3.63, 3.8) is 0 Å². The Hall–Kier alpha value is -0.760. The molecule has 1 aliphatic rings. The minimum Gasteiger partial charge on any atom is -0.255 e. The van der Waals surface area contributed by atoms with Crippen molar-refractivity contribution < 1.29 is 0 Å². The van der Waals surface area contributed by atoms with E-state index in [0.717, 1.165) is 10.2 Å². The smallest absolute Gasteiger partial charge is 0.0847 e. The van der Waals surface area contributed by atoms with Gasteiger partial charge in [0.25, 0.3) is 0 Å². The number of nitrogens with zero attached hydrogens (tertiary/aromatic N) is 1. The summed E-state index contributed by atoms with van der Waals surface area (Å²) in [5, 5.41) is 4.23. The SMILES string of the molecule is Cc1ccc(Br)c2c1C=C[N]2. The fourth-order valence-corrected chi connectivity index (χ4v) is 1.66. The van der Waals surface area contributed by atoms with Gasteiger partial charge in [0.1, 0.15) is 0 Å². The van der Waals surface area contributed by atoms with Crippen LogP contribution < -0.4 is 5.32 Å². The molecule has 0 bridgehead atoms. The Labute approximate surface area is 74.2 Å². The molecule has 0 saturated heterocycles. The van der Waals surface area contributed by atoms with Crippen LogP contribution in [0.1, 0.15) is 11.1 Å². The Morgan fingerprint density at radius 3 is 2.91 bits per heavy atom. The molecule has 0 unspecified atom stereocenters. The van der Waals surface area contributed by atoms with Crippen LogP contribution in [0.25, 0.3) is 6.08 Å². The molecule has 1 aliphatic heterocycles. The second kappa shape index (κ2) is 2.38. The Kier molecular flexibility index (Phi) is 1.50. The van der Waals surface area contributed by atoms with Crippen LogP contribution in [0.2, 0.25) is 0 Å². The van der Waals surface area contributed by atoms with Gasteiger partial charge in [-0.2, -0.15) is 0 Å². The number of halogens is 1. The van der Waals surface area contributed by atoms with E-state index < -0.39 is 0 Å². The minimum atomic E-state index is 1.06. The van der Waals surface area contributed by atoms with Crippen molar-refractivity contribution >= 4 is 27.7 Å². The summed E-state index contributed by atoms with van der Waals surface area (Å²) in [4.78, 5) is 0. The molecule has 1 aromatic carbocycles. The zero-order valence-electron chi connectivity index (χ0n) is 6.13. The molecule has 0 aromatic heterocycles. The first-order valence-corrected chi connectivity index (χ1v) is 4.25. The monoisotopic (exact) mass is 208 g/mol. The quantitative estimate of drug-likeness (QED) is 0.623. The number of aryl methyl sites for hydroxylation is 1. The fourth-order valence-electron chi connectivity index (χ4n) is 1.21. The summed E-state index contributed by atoms with van der Waals surface area (Å²) in [6.07, 6.45) is 3.87. The lowest BCUT2D eigenvalue weighted by molar-refractivity contribution is 1.20. The summed E-state index contributed by atoms with van der Waals surface area (Å²) in [5.74, 6) is 0. The molecule has 11 heavy (non-hydrogen) atoms. The summed E-state index contributed by atoms with van der Waals surface area (Å²) in [6.45, 7) is 2.09. The first-order chi connectivity index (χ1) is 5.29. The van der Waals surface area contributed by atoms with Crippen LogP contribution in [0.15, 0.2) is 22.8 Å². The molecule has 2 rings (SSSR count). The summed E-state index contributed by atoms with van der Waals surface area (Å²) >= 11 is 3.45. The Bertz CT molecular complexity index is 329. The summed E-state index contributed by atoms with van der Waals surface area (Å²) < 4.78 is 1.07. The van der Waals surface area contributed by atoms with Gasteiger partial charge in [0, 0.05) is 16.2 Å². The van der Waals surface area contributed by atoms with E-state index in [-0.39, 0.29) is 0 Å². The highest BCUT2D eigenvalue weighted by Crippen LogP contribution is 2.33. The Morgan fingerprint density at radius 2 is 2.18 bits per heavy atom. The third-order valence-electron chi connectivity index (χ3n) is 1.83. The van der Waals surface area contributed by atoms with Crippen LogP contribution in [0, 0.1) is 6.92 Å². The molecule has 1 heterocycles. The highest BCUT2D eigenvalue weighted by Gasteiger charge is 2.11. The van der Waals surface area contributed by atoms with E-state index in [4.69, 9.17) is 0 Å². The molecule has 0 atom stereocenters. The number of hydrogen-bond donors (Lipinski definition) is 0. The molecular weight excluding hydrogens is 202 g/mol. The fraction of sp³-hybridized carbons (Fsp3) is 0.111. The third-order valence-corrected chi connectivity index (χ3v) is 2.47. The van der Waals surface area contributed by atoms with Crippen molar-refractivity contribution in [2.24, 2.45) is 0 Å². The lowest BCUT2D eigenvalue weighted by atomic mass is 10.1. The van der Waals surface area contributed by atoms with Crippen molar-refractivity contribution in [1.29, 1.82) is 0 Å². The molecule has 1 radical (unpaired) electrons. The zero-order chi connectivity index (χ0) is 7.84. The van der Waals surface area contributed by atoms with Gasteiger partial charge in [-0.15, -0.1) is 0 Å². The van der Waals surface area contributed by atoms with Gasteiger partial charge < -0.3 is 0 Å². The maximum Gasteiger partial charge on any atom is 0.0847 e. The van der Waals surface area contributed by atoms with E-state index in [1.54, 1.807) is 0 Å². The highest BCUT2D eigenvalue weighted by atomic mass is 79.9. The average molecular weight is 209 g/mol. The molecule has 0 saturated carbocycles. The van der Waals surface area contributed by atoms with Crippen LogP contribution >= 0.6 is 15.9 Å². The van der Waals surface area contributed by atoms with Crippen molar-refractivity contribution in [2.45, 2.75) is 6.92 Å². The predicted molar refractivity (Wildman–Crippen MR) is 49.7 cm³/mol.